The molecule has 2 aliphatic heterocycles. The van der Waals surface area contributed by atoms with E-state index in [0.717, 1.165) is 38.6 Å². The minimum atomic E-state index is 0.158. The zero-order valence-corrected chi connectivity index (χ0v) is 14.0. The maximum absolute atomic E-state index is 6.00. The summed E-state index contributed by atoms with van der Waals surface area (Å²) >= 11 is 2.02. The highest BCUT2D eigenvalue weighted by Crippen LogP contribution is 2.34. The van der Waals surface area contributed by atoms with Crippen molar-refractivity contribution >= 4 is 17.7 Å². The van der Waals surface area contributed by atoms with Gasteiger partial charge in [-0.2, -0.15) is 11.8 Å². The van der Waals surface area contributed by atoms with Crippen LogP contribution in [0.5, 0.6) is 0 Å². The standard InChI is InChI=1S/C14H28N4O2S/c1-12(9-19-2)17-13(15)16-10-14(3-8-21-11-14)18-4-6-20-7-5-18/h12H,3-11H2,1-2H3,(H3,15,16,17). The Labute approximate surface area is 131 Å². The Balaban J connectivity index is 1.93. The fraction of sp³-hybridized carbons (Fsp3) is 0.929. The molecule has 0 aromatic rings. The van der Waals surface area contributed by atoms with Crippen LogP contribution in [-0.4, -0.2) is 80.5 Å². The molecule has 0 radical (unpaired) electrons. The van der Waals surface area contributed by atoms with Crippen molar-refractivity contribution < 1.29 is 9.47 Å². The van der Waals surface area contributed by atoms with Gasteiger partial charge in [-0.15, -0.1) is 0 Å². The zero-order valence-electron chi connectivity index (χ0n) is 13.1. The van der Waals surface area contributed by atoms with Crippen LogP contribution in [-0.2, 0) is 9.47 Å². The highest BCUT2D eigenvalue weighted by molar-refractivity contribution is 7.99. The van der Waals surface area contributed by atoms with Crippen LogP contribution in [0.3, 0.4) is 0 Å². The molecule has 2 atom stereocenters. The molecule has 6 nitrogen and oxygen atoms in total. The molecule has 122 valence electrons. The molecular formula is C14H28N4O2S. The summed E-state index contributed by atoms with van der Waals surface area (Å²) in [5.41, 5.74) is 6.16. The number of ether oxygens (including phenoxy) is 2. The first-order valence-electron chi connectivity index (χ1n) is 7.62. The molecule has 2 unspecified atom stereocenters. The fourth-order valence-corrected chi connectivity index (χ4v) is 4.40. The summed E-state index contributed by atoms with van der Waals surface area (Å²) in [6, 6.07) is 0.177. The van der Waals surface area contributed by atoms with Crippen molar-refractivity contribution in [1.82, 2.24) is 10.2 Å². The smallest absolute Gasteiger partial charge is 0.188 e. The average Bonchev–Trinajstić information content (AvgIpc) is 2.96. The number of guanidine groups is 1. The number of morpholine rings is 1. The maximum atomic E-state index is 6.00. The number of nitrogens with one attached hydrogen (secondary N) is 1. The molecule has 21 heavy (non-hydrogen) atoms. The monoisotopic (exact) mass is 316 g/mol. The van der Waals surface area contributed by atoms with Gasteiger partial charge in [0.2, 0.25) is 0 Å². The second kappa shape index (κ2) is 8.22. The van der Waals surface area contributed by atoms with Gasteiger partial charge in [-0.1, -0.05) is 0 Å². The summed E-state index contributed by atoms with van der Waals surface area (Å²) in [4.78, 5) is 7.16. The number of methoxy groups -OCH3 is 1. The molecule has 0 amide bonds. The van der Waals surface area contributed by atoms with Crippen LogP contribution in [0, 0.1) is 0 Å². The molecular weight excluding hydrogens is 288 g/mol. The first-order valence-corrected chi connectivity index (χ1v) is 8.78. The van der Waals surface area contributed by atoms with E-state index in [2.05, 4.69) is 15.2 Å². The second-order valence-electron chi connectivity index (χ2n) is 5.83. The van der Waals surface area contributed by atoms with Crippen LogP contribution in [0.4, 0.5) is 0 Å². The summed E-state index contributed by atoms with van der Waals surface area (Å²) in [7, 11) is 1.69. The van der Waals surface area contributed by atoms with Gasteiger partial charge < -0.3 is 20.5 Å². The van der Waals surface area contributed by atoms with Gasteiger partial charge in [0.15, 0.2) is 5.96 Å². The van der Waals surface area contributed by atoms with Crippen molar-refractivity contribution in [3.8, 4) is 0 Å². The number of nitrogens with two attached hydrogens (primary N) is 1. The van der Waals surface area contributed by atoms with Gasteiger partial charge in [-0.3, -0.25) is 9.89 Å². The summed E-state index contributed by atoms with van der Waals surface area (Å²) in [5.74, 6) is 2.86. The van der Waals surface area contributed by atoms with Crippen LogP contribution in [0.2, 0.25) is 0 Å². The van der Waals surface area contributed by atoms with Crippen molar-refractivity contribution in [2.45, 2.75) is 24.9 Å². The molecule has 0 aromatic heterocycles. The minimum Gasteiger partial charge on any atom is -0.383 e. The third kappa shape index (κ3) is 4.74. The highest BCUT2D eigenvalue weighted by atomic mass is 32.2. The maximum Gasteiger partial charge on any atom is 0.188 e. The molecule has 2 heterocycles. The van der Waals surface area contributed by atoms with Crippen LogP contribution in [0.1, 0.15) is 13.3 Å². The molecule has 2 fully saturated rings. The molecule has 2 saturated heterocycles. The van der Waals surface area contributed by atoms with Crippen molar-refractivity contribution in [2.24, 2.45) is 10.7 Å². The van der Waals surface area contributed by atoms with Crippen molar-refractivity contribution in [1.29, 1.82) is 0 Å². The van der Waals surface area contributed by atoms with E-state index in [9.17, 15) is 0 Å². The normalized spacial score (nSPS) is 29.5. The highest BCUT2D eigenvalue weighted by Gasteiger charge is 2.40. The van der Waals surface area contributed by atoms with E-state index < -0.39 is 0 Å². The van der Waals surface area contributed by atoms with Gasteiger partial charge in [0.05, 0.1) is 31.9 Å². The zero-order chi connectivity index (χ0) is 15.1. The van der Waals surface area contributed by atoms with E-state index in [-0.39, 0.29) is 11.6 Å². The lowest BCUT2D eigenvalue weighted by molar-refractivity contribution is -0.0104. The summed E-state index contributed by atoms with van der Waals surface area (Å²) in [6.45, 7) is 7.09. The van der Waals surface area contributed by atoms with Crippen molar-refractivity contribution in [3.05, 3.63) is 0 Å². The van der Waals surface area contributed by atoms with Crippen LogP contribution in [0.25, 0.3) is 0 Å². The molecule has 0 spiro atoms. The molecule has 3 N–H and O–H groups in total. The van der Waals surface area contributed by atoms with E-state index in [1.54, 1.807) is 7.11 Å². The minimum absolute atomic E-state index is 0.158. The lowest BCUT2D eigenvalue weighted by atomic mass is 9.96. The molecule has 0 saturated carbocycles. The Morgan fingerprint density at radius 1 is 1.52 bits per heavy atom. The lowest BCUT2D eigenvalue weighted by Gasteiger charge is -2.42. The number of nitrogens with zero attached hydrogens (tertiary/aromatic N) is 2. The Bertz CT molecular complexity index is 342. The third-order valence-electron chi connectivity index (χ3n) is 4.12. The van der Waals surface area contributed by atoms with Gasteiger partial charge in [-0.25, -0.2) is 0 Å². The Morgan fingerprint density at radius 3 is 2.90 bits per heavy atom. The van der Waals surface area contributed by atoms with Crippen LogP contribution >= 0.6 is 11.8 Å². The summed E-state index contributed by atoms with van der Waals surface area (Å²) < 4.78 is 10.6. The molecule has 0 bridgehead atoms. The third-order valence-corrected chi connectivity index (χ3v) is 5.35. The summed E-state index contributed by atoms with van der Waals surface area (Å²) in [6.07, 6.45) is 1.18. The van der Waals surface area contributed by atoms with E-state index in [1.165, 1.54) is 12.2 Å². The van der Waals surface area contributed by atoms with E-state index >= 15 is 0 Å². The molecule has 0 aliphatic carbocycles. The quantitative estimate of drug-likeness (QED) is 0.536. The predicted octanol–water partition coefficient (Wildman–Crippen LogP) is 0.134. The number of rotatable bonds is 6. The number of hydrogen-bond donors (Lipinski definition) is 2. The largest absolute Gasteiger partial charge is 0.383 e. The van der Waals surface area contributed by atoms with Crippen molar-refractivity contribution in [2.75, 3.05) is 58.1 Å². The van der Waals surface area contributed by atoms with Crippen molar-refractivity contribution in [3.63, 3.8) is 0 Å². The Hall–Kier alpha value is -0.500. The van der Waals surface area contributed by atoms with Gasteiger partial charge in [-0.05, 0) is 19.1 Å². The Morgan fingerprint density at radius 2 is 2.29 bits per heavy atom. The lowest BCUT2D eigenvalue weighted by Crippen LogP contribution is -2.56. The average molecular weight is 316 g/mol. The van der Waals surface area contributed by atoms with Gasteiger partial charge in [0.25, 0.3) is 0 Å². The van der Waals surface area contributed by atoms with Gasteiger partial charge in [0.1, 0.15) is 0 Å². The van der Waals surface area contributed by atoms with Gasteiger partial charge in [0, 0.05) is 32.0 Å². The number of thioether (sulfide) groups is 1. The molecule has 2 rings (SSSR count). The van der Waals surface area contributed by atoms with E-state index in [4.69, 9.17) is 15.2 Å². The first kappa shape index (κ1) is 16.9. The van der Waals surface area contributed by atoms with E-state index in [1.807, 2.05) is 18.7 Å². The Kier molecular flexibility index (Phi) is 6.60. The van der Waals surface area contributed by atoms with Gasteiger partial charge >= 0.3 is 0 Å². The molecule has 2 aliphatic rings. The first-order chi connectivity index (χ1) is 10.2. The van der Waals surface area contributed by atoms with E-state index in [0.29, 0.717) is 12.6 Å². The number of aliphatic imine (C=N–C) groups is 1. The fourth-order valence-electron chi connectivity index (χ4n) is 2.93. The second-order valence-corrected chi connectivity index (χ2v) is 6.93. The molecule has 0 aromatic carbocycles. The summed E-state index contributed by atoms with van der Waals surface area (Å²) in [5, 5.41) is 3.18. The van der Waals surface area contributed by atoms with Crippen LogP contribution < -0.4 is 11.1 Å². The van der Waals surface area contributed by atoms with Crippen LogP contribution in [0.15, 0.2) is 4.99 Å². The predicted molar refractivity (Wildman–Crippen MR) is 88.0 cm³/mol. The number of hydrogen-bond acceptors (Lipinski definition) is 5. The topological polar surface area (TPSA) is 72.1 Å². The SMILES string of the molecule is COCC(C)NC(N)=NCC1(N2CCOCC2)CCSC1. The molecule has 7 heteroatoms.